The van der Waals surface area contributed by atoms with Crippen molar-refractivity contribution >= 4 is 0 Å². The molecule has 0 bridgehead atoms. The highest BCUT2D eigenvalue weighted by molar-refractivity contribution is 4.93. The Morgan fingerprint density at radius 1 is 1.00 bits per heavy atom. The summed E-state index contributed by atoms with van der Waals surface area (Å²) in [5, 5.41) is 9.17. The van der Waals surface area contributed by atoms with E-state index < -0.39 is 0 Å². The van der Waals surface area contributed by atoms with Gasteiger partial charge in [0.1, 0.15) is 0 Å². The van der Waals surface area contributed by atoms with Crippen LogP contribution < -0.4 is 0 Å². The minimum atomic E-state index is 0.142. The number of hydrogen-bond acceptors (Lipinski definition) is 3. The first-order valence-electron chi connectivity index (χ1n) is 7.14. The van der Waals surface area contributed by atoms with Gasteiger partial charge in [-0.15, -0.1) is 0 Å². The molecule has 1 saturated heterocycles. The molecule has 1 fully saturated rings. The van der Waals surface area contributed by atoms with Crippen molar-refractivity contribution in [3.63, 3.8) is 0 Å². The van der Waals surface area contributed by atoms with Gasteiger partial charge in [-0.3, -0.25) is 9.80 Å². The van der Waals surface area contributed by atoms with Crippen molar-refractivity contribution in [3.8, 4) is 6.07 Å². The van der Waals surface area contributed by atoms with Crippen LogP contribution in [0.25, 0.3) is 0 Å². The van der Waals surface area contributed by atoms with Gasteiger partial charge >= 0.3 is 0 Å². The lowest BCUT2D eigenvalue weighted by Crippen LogP contribution is -2.52. The van der Waals surface area contributed by atoms with Gasteiger partial charge in [-0.1, -0.05) is 27.2 Å². The molecule has 0 aromatic carbocycles. The summed E-state index contributed by atoms with van der Waals surface area (Å²) in [6.45, 7) is 11.1. The van der Waals surface area contributed by atoms with Gasteiger partial charge in [0, 0.05) is 32.2 Å². The smallest absolute Gasteiger partial charge is 0.0978 e. The van der Waals surface area contributed by atoms with E-state index in [0.717, 1.165) is 45.1 Å². The van der Waals surface area contributed by atoms with Crippen molar-refractivity contribution in [1.29, 1.82) is 5.26 Å². The molecule has 3 heteroatoms. The second-order valence-corrected chi connectivity index (χ2v) is 4.98. The molecule has 0 saturated carbocycles. The van der Waals surface area contributed by atoms with E-state index in [0.29, 0.717) is 0 Å². The van der Waals surface area contributed by atoms with Crippen molar-refractivity contribution in [2.24, 2.45) is 0 Å². The van der Waals surface area contributed by atoms with Crippen molar-refractivity contribution in [1.82, 2.24) is 9.80 Å². The van der Waals surface area contributed by atoms with Crippen LogP contribution in [0.1, 0.15) is 46.5 Å². The number of rotatable bonds is 6. The SMILES string of the molecule is CCCC(C#N)N1CCN(C(CC)CC)CC1. The molecule has 0 aliphatic carbocycles. The molecule has 1 aliphatic heterocycles. The van der Waals surface area contributed by atoms with E-state index in [4.69, 9.17) is 0 Å². The maximum absolute atomic E-state index is 9.17. The van der Waals surface area contributed by atoms with Crippen molar-refractivity contribution < 1.29 is 0 Å². The zero-order valence-corrected chi connectivity index (χ0v) is 11.7. The van der Waals surface area contributed by atoms with Gasteiger partial charge in [-0.2, -0.15) is 5.26 Å². The Hall–Kier alpha value is -0.590. The van der Waals surface area contributed by atoms with Crippen LogP contribution in [0, 0.1) is 11.3 Å². The lowest BCUT2D eigenvalue weighted by molar-refractivity contribution is 0.0769. The summed E-state index contributed by atoms with van der Waals surface area (Å²) in [6, 6.07) is 3.33. The van der Waals surface area contributed by atoms with Crippen LogP contribution in [-0.2, 0) is 0 Å². The van der Waals surface area contributed by atoms with Crippen LogP contribution in [0.15, 0.2) is 0 Å². The molecule has 0 radical (unpaired) electrons. The van der Waals surface area contributed by atoms with Crippen molar-refractivity contribution in [3.05, 3.63) is 0 Å². The number of piperazine rings is 1. The fourth-order valence-corrected chi connectivity index (χ4v) is 2.82. The molecule has 1 heterocycles. The second-order valence-electron chi connectivity index (χ2n) is 4.98. The van der Waals surface area contributed by atoms with E-state index in [-0.39, 0.29) is 6.04 Å². The first kappa shape index (κ1) is 14.5. The third-order valence-corrected chi connectivity index (χ3v) is 3.96. The third kappa shape index (κ3) is 3.97. The average Bonchev–Trinajstić information content (AvgIpc) is 2.38. The van der Waals surface area contributed by atoms with Gasteiger partial charge in [0.25, 0.3) is 0 Å². The van der Waals surface area contributed by atoms with Gasteiger partial charge in [0.2, 0.25) is 0 Å². The maximum atomic E-state index is 9.17. The number of nitrogens with zero attached hydrogens (tertiary/aromatic N) is 3. The maximum Gasteiger partial charge on any atom is 0.0978 e. The quantitative estimate of drug-likeness (QED) is 0.711. The monoisotopic (exact) mass is 237 g/mol. The second kappa shape index (κ2) is 7.68. The Balaban J connectivity index is 2.42. The molecule has 1 aliphatic rings. The molecule has 0 spiro atoms. The molecule has 17 heavy (non-hydrogen) atoms. The first-order chi connectivity index (χ1) is 8.26. The molecule has 3 nitrogen and oxygen atoms in total. The molecule has 0 N–H and O–H groups in total. The highest BCUT2D eigenvalue weighted by atomic mass is 15.3. The summed E-state index contributed by atoms with van der Waals surface area (Å²) < 4.78 is 0. The van der Waals surface area contributed by atoms with E-state index in [1.807, 2.05) is 0 Å². The van der Waals surface area contributed by atoms with Crippen LogP contribution >= 0.6 is 0 Å². The van der Waals surface area contributed by atoms with Crippen LogP contribution in [-0.4, -0.2) is 48.1 Å². The highest BCUT2D eigenvalue weighted by Crippen LogP contribution is 2.15. The molecular formula is C14H27N3. The lowest BCUT2D eigenvalue weighted by atomic mass is 10.1. The van der Waals surface area contributed by atoms with Crippen LogP contribution in [0.2, 0.25) is 0 Å². The molecule has 98 valence electrons. The van der Waals surface area contributed by atoms with E-state index >= 15 is 0 Å². The van der Waals surface area contributed by atoms with Crippen molar-refractivity contribution in [2.75, 3.05) is 26.2 Å². The fourth-order valence-electron chi connectivity index (χ4n) is 2.82. The summed E-state index contributed by atoms with van der Waals surface area (Å²) in [6.07, 6.45) is 4.60. The first-order valence-corrected chi connectivity index (χ1v) is 7.14. The van der Waals surface area contributed by atoms with Crippen LogP contribution in [0.3, 0.4) is 0 Å². The minimum absolute atomic E-state index is 0.142. The number of nitriles is 1. The molecule has 0 aromatic heterocycles. The van der Waals surface area contributed by atoms with Gasteiger partial charge in [-0.25, -0.2) is 0 Å². The summed E-state index contributed by atoms with van der Waals surface area (Å²) in [7, 11) is 0. The predicted molar refractivity (Wildman–Crippen MR) is 71.8 cm³/mol. The Morgan fingerprint density at radius 2 is 1.53 bits per heavy atom. The lowest BCUT2D eigenvalue weighted by Gasteiger charge is -2.40. The Morgan fingerprint density at radius 3 is 1.94 bits per heavy atom. The Labute approximate surface area is 106 Å². The highest BCUT2D eigenvalue weighted by Gasteiger charge is 2.25. The Bertz CT molecular complexity index is 234. The van der Waals surface area contributed by atoms with Crippen molar-refractivity contribution in [2.45, 2.75) is 58.5 Å². The summed E-state index contributed by atoms with van der Waals surface area (Å²) in [5.74, 6) is 0. The molecule has 1 atom stereocenters. The van der Waals surface area contributed by atoms with Gasteiger partial charge in [-0.05, 0) is 19.3 Å². The summed E-state index contributed by atoms with van der Waals surface area (Å²) in [5.41, 5.74) is 0. The topological polar surface area (TPSA) is 30.3 Å². The fraction of sp³-hybridized carbons (Fsp3) is 0.929. The Kier molecular flexibility index (Phi) is 6.54. The number of hydrogen-bond donors (Lipinski definition) is 0. The standard InChI is InChI=1S/C14H27N3/c1-4-7-14(12-15)17-10-8-16(9-11-17)13(5-2)6-3/h13-14H,4-11H2,1-3H3. The van der Waals surface area contributed by atoms with Gasteiger partial charge in [0.05, 0.1) is 12.1 Å². The van der Waals surface area contributed by atoms with Crippen LogP contribution in [0.5, 0.6) is 0 Å². The zero-order valence-electron chi connectivity index (χ0n) is 11.7. The van der Waals surface area contributed by atoms with Gasteiger partial charge < -0.3 is 0 Å². The van der Waals surface area contributed by atoms with E-state index in [9.17, 15) is 5.26 Å². The molecular weight excluding hydrogens is 210 g/mol. The van der Waals surface area contributed by atoms with E-state index in [2.05, 4.69) is 36.6 Å². The molecule has 1 unspecified atom stereocenters. The normalized spacial score (nSPS) is 20.4. The molecule has 0 aromatic rings. The van der Waals surface area contributed by atoms with E-state index in [1.54, 1.807) is 0 Å². The van der Waals surface area contributed by atoms with E-state index in [1.165, 1.54) is 12.8 Å². The molecule has 0 amide bonds. The minimum Gasteiger partial charge on any atom is -0.298 e. The molecule has 1 rings (SSSR count). The zero-order chi connectivity index (χ0) is 12.7. The third-order valence-electron chi connectivity index (χ3n) is 3.96. The largest absolute Gasteiger partial charge is 0.298 e. The van der Waals surface area contributed by atoms with Gasteiger partial charge in [0.15, 0.2) is 0 Å². The summed E-state index contributed by atoms with van der Waals surface area (Å²) in [4.78, 5) is 4.96. The average molecular weight is 237 g/mol. The predicted octanol–water partition coefficient (Wildman–Crippen LogP) is 2.48. The van der Waals surface area contributed by atoms with Crippen LogP contribution in [0.4, 0.5) is 0 Å². The summed E-state index contributed by atoms with van der Waals surface area (Å²) >= 11 is 0.